The molecule has 2 aromatic carbocycles. The van der Waals surface area contributed by atoms with E-state index in [9.17, 15) is 4.79 Å². The number of carbonyl (C=O) groups is 1. The Morgan fingerprint density at radius 3 is 2.53 bits per heavy atom. The highest BCUT2D eigenvalue weighted by Gasteiger charge is 1.99. The molecule has 0 saturated carbocycles. The maximum Gasteiger partial charge on any atom is 0.319 e. The summed E-state index contributed by atoms with van der Waals surface area (Å²) in [6, 6.07) is 16.7. The fraction of sp³-hybridized carbons (Fsp3) is 0.0714. The number of carboxylic acid groups (broad SMARTS) is 1. The molecule has 0 bridgehead atoms. The average Bonchev–Trinajstić information content (AvgIpc) is 2.40. The Morgan fingerprint density at radius 1 is 1.05 bits per heavy atom. The van der Waals surface area contributed by atoms with Gasteiger partial charge in [0.05, 0.1) is 5.69 Å². The Kier molecular flexibility index (Phi) is 4.36. The quantitative estimate of drug-likeness (QED) is 0.694. The van der Waals surface area contributed by atoms with Crippen molar-refractivity contribution in [3.63, 3.8) is 0 Å². The summed E-state index contributed by atoms with van der Waals surface area (Å²) in [6.45, 7) is -0.163. The van der Waals surface area contributed by atoms with Gasteiger partial charge in [0.1, 0.15) is 18.0 Å². The number of ether oxygens (including phenoxy) is 1. The maximum atomic E-state index is 10.4. The van der Waals surface area contributed by atoms with E-state index in [1.165, 1.54) is 0 Å². The Balaban J connectivity index is 1.97. The van der Waals surface area contributed by atoms with E-state index in [2.05, 4.69) is 10.9 Å². The van der Waals surface area contributed by atoms with Gasteiger partial charge < -0.3 is 15.3 Å². The molecular formula is C14H14N2O3. The van der Waals surface area contributed by atoms with Crippen LogP contribution in [0.5, 0.6) is 11.5 Å². The summed E-state index contributed by atoms with van der Waals surface area (Å²) in [7, 11) is 0. The fourth-order valence-corrected chi connectivity index (χ4v) is 1.48. The lowest BCUT2D eigenvalue weighted by Crippen LogP contribution is -2.27. The molecule has 0 aromatic heterocycles. The first-order valence-corrected chi connectivity index (χ1v) is 5.78. The number of hydrogen-bond acceptors (Lipinski definition) is 4. The third-order valence-electron chi connectivity index (χ3n) is 2.29. The van der Waals surface area contributed by atoms with Crippen LogP contribution in [0.4, 0.5) is 5.69 Å². The molecule has 0 saturated heterocycles. The number of para-hydroxylation sites is 1. The maximum absolute atomic E-state index is 10.4. The summed E-state index contributed by atoms with van der Waals surface area (Å²) in [4.78, 5) is 10.4. The van der Waals surface area contributed by atoms with E-state index in [1.54, 1.807) is 6.07 Å². The minimum atomic E-state index is -0.927. The van der Waals surface area contributed by atoms with Crippen molar-refractivity contribution < 1.29 is 14.6 Å². The summed E-state index contributed by atoms with van der Waals surface area (Å²) in [5.41, 5.74) is 6.11. The molecule has 0 aliphatic carbocycles. The summed E-state index contributed by atoms with van der Waals surface area (Å²) in [5, 5.41) is 8.51. The van der Waals surface area contributed by atoms with Crippen molar-refractivity contribution in [3.05, 3.63) is 54.6 Å². The zero-order valence-corrected chi connectivity index (χ0v) is 10.2. The van der Waals surface area contributed by atoms with E-state index in [-0.39, 0.29) is 6.54 Å². The molecule has 0 fully saturated rings. The topological polar surface area (TPSA) is 70.6 Å². The largest absolute Gasteiger partial charge is 0.480 e. The van der Waals surface area contributed by atoms with Crippen LogP contribution in [-0.2, 0) is 4.79 Å². The lowest BCUT2D eigenvalue weighted by molar-refractivity contribution is -0.135. The van der Waals surface area contributed by atoms with Crippen LogP contribution in [0, 0.1) is 0 Å². The second-order valence-corrected chi connectivity index (χ2v) is 3.82. The van der Waals surface area contributed by atoms with Crippen molar-refractivity contribution in [1.29, 1.82) is 0 Å². The standard InChI is InChI=1S/C14H14N2O3/c17-14(18)10-15-16-11-5-4-8-13(9-11)19-12-6-2-1-3-7-12/h1-9,15-16H,10H2,(H,17,18). The predicted molar refractivity (Wildman–Crippen MR) is 72.2 cm³/mol. The Morgan fingerprint density at radius 2 is 1.79 bits per heavy atom. The van der Waals surface area contributed by atoms with E-state index in [0.29, 0.717) is 5.75 Å². The van der Waals surface area contributed by atoms with Gasteiger partial charge in [-0.1, -0.05) is 24.3 Å². The van der Waals surface area contributed by atoms with Crippen LogP contribution in [0.3, 0.4) is 0 Å². The van der Waals surface area contributed by atoms with Crippen LogP contribution in [-0.4, -0.2) is 17.6 Å². The van der Waals surface area contributed by atoms with E-state index in [4.69, 9.17) is 9.84 Å². The molecule has 98 valence electrons. The monoisotopic (exact) mass is 258 g/mol. The molecule has 0 radical (unpaired) electrons. The molecule has 0 aliphatic rings. The molecule has 19 heavy (non-hydrogen) atoms. The van der Waals surface area contributed by atoms with Gasteiger partial charge in [0.25, 0.3) is 0 Å². The van der Waals surface area contributed by atoms with Crippen molar-refractivity contribution in [2.45, 2.75) is 0 Å². The zero-order chi connectivity index (χ0) is 13.5. The molecule has 2 rings (SSSR count). The van der Waals surface area contributed by atoms with Gasteiger partial charge in [-0.3, -0.25) is 4.79 Å². The molecule has 3 N–H and O–H groups in total. The Labute approximate surface area is 110 Å². The summed E-state index contributed by atoms with van der Waals surface area (Å²) in [6.07, 6.45) is 0. The number of benzene rings is 2. The molecule has 0 aliphatic heterocycles. The molecule has 0 spiro atoms. The molecule has 0 unspecified atom stereocenters. The molecular weight excluding hydrogens is 244 g/mol. The van der Waals surface area contributed by atoms with E-state index >= 15 is 0 Å². The van der Waals surface area contributed by atoms with Gasteiger partial charge in [0, 0.05) is 6.07 Å². The summed E-state index contributed by atoms with van der Waals surface area (Å²) in [5.74, 6) is 0.496. The highest BCUT2D eigenvalue weighted by Crippen LogP contribution is 2.23. The highest BCUT2D eigenvalue weighted by atomic mass is 16.5. The number of aliphatic carboxylic acids is 1. The number of nitrogens with one attached hydrogen (secondary N) is 2. The lowest BCUT2D eigenvalue weighted by atomic mass is 10.3. The average molecular weight is 258 g/mol. The number of carboxylic acids is 1. The van der Waals surface area contributed by atoms with E-state index in [0.717, 1.165) is 11.4 Å². The first kappa shape index (κ1) is 12.9. The van der Waals surface area contributed by atoms with Crippen molar-refractivity contribution in [2.75, 3.05) is 12.0 Å². The third-order valence-corrected chi connectivity index (χ3v) is 2.29. The second kappa shape index (κ2) is 6.42. The zero-order valence-electron chi connectivity index (χ0n) is 10.2. The van der Waals surface area contributed by atoms with Crippen molar-refractivity contribution in [2.24, 2.45) is 0 Å². The van der Waals surface area contributed by atoms with Crippen LogP contribution in [0.15, 0.2) is 54.6 Å². The third kappa shape index (κ3) is 4.33. The highest BCUT2D eigenvalue weighted by molar-refractivity contribution is 5.69. The van der Waals surface area contributed by atoms with E-state index in [1.807, 2.05) is 48.5 Å². The van der Waals surface area contributed by atoms with Gasteiger partial charge in [-0.2, -0.15) is 0 Å². The minimum Gasteiger partial charge on any atom is -0.480 e. The number of rotatable bonds is 6. The fourth-order valence-electron chi connectivity index (χ4n) is 1.48. The Bertz CT molecular complexity index is 543. The van der Waals surface area contributed by atoms with Crippen molar-refractivity contribution >= 4 is 11.7 Å². The molecule has 0 heterocycles. The van der Waals surface area contributed by atoms with Crippen LogP contribution in [0.1, 0.15) is 0 Å². The Hall–Kier alpha value is -2.53. The minimum absolute atomic E-state index is 0.163. The van der Waals surface area contributed by atoms with Gasteiger partial charge in [-0.05, 0) is 24.3 Å². The second-order valence-electron chi connectivity index (χ2n) is 3.82. The smallest absolute Gasteiger partial charge is 0.319 e. The van der Waals surface area contributed by atoms with Gasteiger partial charge in [0.2, 0.25) is 0 Å². The van der Waals surface area contributed by atoms with Crippen LogP contribution >= 0.6 is 0 Å². The van der Waals surface area contributed by atoms with Crippen LogP contribution in [0.25, 0.3) is 0 Å². The SMILES string of the molecule is O=C(O)CNNc1cccc(Oc2ccccc2)c1. The molecule has 2 aromatic rings. The molecule has 5 nitrogen and oxygen atoms in total. The normalized spacial score (nSPS) is 9.89. The lowest BCUT2D eigenvalue weighted by Gasteiger charge is -2.09. The summed E-state index contributed by atoms with van der Waals surface area (Å²) < 4.78 is 5.66. The molecule has 5 heteroatoms. The van der Waals surface area contributed by atoms with Gasteiger partial charge in [-0.25, -0.2) is 5.43 Å². The first-order valence-electron chi connectivity index (χ1n) is 5.78. The predicted octanol–water partition coefficient (Wildman–Crippen LogP) is 2.48. The van der Waals surface area contributed by atoms with Gasteiger partial charge in [0.15, 0.2) is 0 Å². The van der Waals surface area contributed by atoms with Crippen LogP contribution in [0.2, 0.25) is 0 Å². The number of hydrazine groups is 1. The number of anilines is 1. The number of hydrogen-bond donors (Lipinski definition) is 3. The van der Waals surface area contributed by atoms with Gasteiger partial charge >= 0.3 is 5.97 Å². The van der Waals surface area contributed by atoms with Crippen LogP contribution < -0.4 is 15.6 Å². The molecule has 0 atom stereocenters. The molecule has 0 amide bonds. The van der Waals surface area contributed by atoms with E-state index < -0.39 is 5.97 Å². The first-order chi connectivity index (χ1) is 9.24. The van der Waals surface area contributed by atoms with Crippen molar-refractivity contribution in [1.82, 2.24) is 5.43 Å². The van der Waals surface area contributed by atoms with Crippen molar-refractivity contribution in [3.8, 4) is 11.5 Å². The van der Waals surface area contributed by atoms with Gasteiger partial charge in [-0.15, -0.1) is 0 Å². The summed E-state index contributed by atoms with van der Waals surface area (Å²) >= 11 is 0.